The van der Waals surface area contributed by atoms with Crippen LogP contribution in [-0.2, 0) is 14.8 Å². The third-order valence-electron chi connectivity index (χ3n) is 4.64. The van der Waals surface area contributed by atoms with E-state index in [-0.39, 0.29) is 20.6 Å². The maximum atomic E-state index is 13.4. The highest BCUT2D eigenvalue weighted by Crippen LogP contribution is 2.36. The Balaban J connectivity index is 1.65. The monoisotopic (exact) mass is 492 g/mol. The van der Waals surface area contributed by atoms with Crippen molar-refractivity contribution >= 4 is 50.5 Å². The van der Waals surface area contributed by atoms with Gasteiger partial charge in [-0.3, -0.25) is 9.10 Å². The molecule has 1 heterocycles. The lowest BCUT2D eigenvalue weighted by atomic mass is 10.2. The van der Waals surface area contributed by atoms with Crippen molar-refractivity contribution in [3.8, 4) is 11.5 Å². The highest BCUT2D eigenvalue weighted by atomic mass is 35.5. The fourth-order valence-electron chi connectivity index (χ4n) is 3.16. The summed E-state index contributed by atoms with van der Waals surface area (Å²) in [5, 5.41) is 2.89. The van der Waals surface area contributed by atoms with Crippen LogP contribution in [0.2, 0.25) is 10.0 Å². The molecule has 0 aromatic heterocycles. The van der Waals surface area contributed by atoms with E-state index in [2.05, 4.69) is 5.32 Å². The van der Waals surface area contributed by atoms with Crippen molar-refractivity contribution in [3.05, 3.63) is 76.8 Å². The predicted molar refractivity (Wildman–Crippen MR) is 123 cm³/mol. The van der Waals surface area contributed by atoms with Gasteiger partial charge in [0.1, 0.15) is 19.8 Å². The minimum Gasteiger partial charge on any atom is -0.486 e. The van der Waals surface area contributed by atoms with Crippen LogP contribution < -0.4 is 19.1 Å². The lowest BCUT2D eigenvalue weighted by Crippen LogP contribution is -2.38. The Morgan fingerprint density at radius 3 is 2.41 bits per heavy atom. The van der Waals surface area contributed by atoms with Gasteiger partial charge in [-0.15, -0.1) is 0 Å². The van der Waals surface area contributed by atoms with Crippen LogP contribution in [0.5, 0.6) is 11.5 Å². The summed E-state index contributed by atoms with van der Waals surface area (Å²) in [5.41, 5.74) is 0.536. The Bertz CT molecular complexity index is 1250. The van der Waals surface area contributed by atoms with E-state index in [1.54, 1.807) is 42.5 Å². The second-order valence-corrected chi connectivity index (χ2v) is 9.45. The van der Waals surface area contributed by atoms with Crippen molar-refractivity contribution in [3.63, 3.8) is 0 Å². The van der Waals surface area contributed by atoms with Gasteiger partial charge in [0, 0.05) is 11.8 Å². The largest absolute Gasteiger partial charge is 0.486 e. The molecular weight excluding hydrogens is 475 g/mol. The Morgan fingerprint density at radius 1 is 0.938 bits per heavy atom. The molecule has 1 aliphatic heterocycles. The molecule has 7 nitrogen and oxygen atoms in total. The number of benzene rings is 3. The van der Waals surface area contributed by atoms with Crippen LogP contribution in [0.15, 0.2) is 71.6 Å². The van der Waals surface area contributed by atoms with Gasteiger partial charge >= 0.3 is 0 Å². The third kappa shape index (κ3) is 4.62. The van der Waals surface area contributed by atoms with Gasteiger partial charge < -0.3 is 14.8 Å². The molecule has 3 aromatic carbocycles. The number of hydrogen-bond donors (Lipinski definition) is 1. The second-order valence-electron chi connectivity index (χ2n) is 6.80. The van der Waals surface area contributed by atoms with Crippen LogP contribution in [0.4, 0.5) is 11.4 Å². The van der Waals surface area contributed by atoms with Gasteiger partial charge in [0.05, 0.1) is 20.6 Å². The maximum Gasteiger partial charge on any atom is 0.264 e. The van der Waals surface area contributed by atoms with Crippen molar-refractivity contribution in [2.45, 2.75) is 4.90 Å². The van der Waals surface area contributed by atoms with Gasteiger partial charge in [-0.1, -0.05) is 47.5 Å². The summed E-state index contributed by atoms with van der Waals surface area (Å²) in [6, 6.07) is 17.3. The number of carbonyl (C=O) groups excluding carboxylic acids is 1. The number of halogens is 2. The lowest BCUT2D eigenvalue weighted by molar-refractivity contribution is -0.114. The first-order valence-corrected chi connectivity index (χ1v) is 11.8. The molecule has 1 aliphatic rings. The second kappa shape index (κ2) is 9.28. The van der Waals surface area contributed by atoms with E-state index in [9.17, 15) is 13.2 Å². The number of rotatable bonds is 6. The number of carbonyl (C=O) groups is 1. The average Bonchev–Trinajstić information content (AvgIpc) is 2.80. The molecule has 1 N–H and O–H groups in total. The highest BCUT2D eigenvalue weighted by molar-refractivity contribution is 7.92. The minimum atomic E-state index is -4.11. The normalized spacial score (nSPS) is 12.8. The van der Waals surface area contributed by atoms with Crippen LogP contribution in [-0.4, -0.2) is 34.1 Å². The first-order chi connectivity index (χ1) is 15.4. The van der Waals surface area contributed by atoms with Crippen molar-refractivity contribution in [2.24, 2.45) is 0 Å². The molecule has 10 heteroatoms. The number of nitrogens with zero attached hydrogens (tertiary/aromatic N) is 1. The summed E-state index contributed by atoms with van der Waals surface area (Å²) in [7, 11) is -4.11. The number of nitrogens with one attached hydrogen (secondary N) is 1. The number of hydrogen-bond acceptors (Lipinski definition) is 5. The van der Waals surface area contributed by atoms with Crippen LogP contribution in [0.1, 0.15) is 0 Å². The van der Waals surface area contributed by atoms with E-state index in [1.807, 2.05) is 0 Å². The molecule has 32 heavy (non-hydrogen) atoms. The standard InChI is InChI=1S/C22H18Cl2N2O5S/c23-17-7-4-8-18(22(17)24)26(32(28,29)16-5-2-1-3-6-16)14-21(27)25-15-9-10-19-20(13-15)31-12-11-30-19/h1-10,13H,11-12,14H2,(H,25,27). The molecule has 4 rings (SSSR count). The highest BCUT2D eigenvalue weighted by Gasteiger charge is 2.29. The van der Waals surface area contributed by atoms with E-state index in [4.69, 9.17) is 32.7 Å². The Morgan fingerprint density at radius 2 is 1.66 bits per heavy atom. The summed E-state index contributed by atoms with van der Waals surface area (Å²) < 4.78 is 38.7. The molecule has 0 fully saturated rings. The molecule has 0 aliphatic carbocycles. The van der Waals surface area contributed by atoms with Crippen LogP contribution in [0, 0.1) is 0 Å². The summed E-state index contributed by atoms with van der Waals surface area (Å²) in [6.45, 7) is 0.331. The van der Waals surface area contributed by atoms with E-state index < -0.39 is 22.5 Å². The van der Waals surface area contributed by atoms with Gasteiger partial charge in [0.15, 0.2) is 11.5 Å². The molecule has 0 bridgehead atoms. The predicted octanol–water partition coefficient (Wildman–Crippen LogP) is 4.60. The molecular formula is C22H18Cl2N2O5S. The number of anilines is 2. The van der Waals surface area contributed by atoms with Gasteiger partial charge in [0.25, 0.3) is 10.0 Å². The SMILES string of the molecule is O=C(CN(c1cccc(Cl)c1Cl)S(=O)(=O)c1ccccc1)Nc1ccc2c(c1)OCCO2. The Hall–Kier alpha value is -2.94. The number of fused-ring (bicyclic) bond motifs is 1. The molecule has 0 saturated heterocycles. The first kappa shape index (κ1) is 22.3. The summed E-state index contributed by atoms with van der Waals surface area (Å²) >= 11 is 12.4. The summed E-state index contributed by atoms with van der Waals surface area (Å²) in [5.74, 6) is 0.506. The minimum absolute atomic E-state index is 0.0168. The Kier molecular flexibility index (Phi) is 6.45. The number of sulfonamides is 1. The van der Waals surface area contributed by atoms with E-state index in [0.717, 1.165) is 4.31 Å². The fourth-order valence-corrected chi connectivity index (χ4v) is 5.06. The Labute approximate surface area is 195 Å². The fraction of sp³-hybridized carbons (Fsp3) is 0.136. The molecule has 0 spiro atoms. The van der Waals surface area contributed by atoms with E-state index in [1.165, 1.54) is 24.3 Å². The zero-order chi connectivity index (χ0) is 22.7. The third-order valence-corrected chi connectivity index (χ3v) is 7.23. The molecule has 0 radical (unpaired) electrons. The molecule has 166 valence electrons. The van der Waals surface area contributed by atoms with Crippen LogP contribution in [0.3, 0.4) is 0 Å². The summed E-state index contributed by atoms with van der Waals surface area (Å²) in [6.07, 6.45) is 0. The lowest BCUT2D eigenvalue weighted by Gasteiger charge is -2.25. The number of ether oxygens (including phenoxy) is 2. The van der Waals surface area contributed by atoms with Crippen molar-refractivity contribution in [1.82, 2.24) is 0 Å². The van der Waals surface area contributed by atoms with Crippen molar-refractivity contribution in [2.75, 3.05) is 29.4 Å². The molecule has 0 atom stereocenters. The molecule has 1 amide bonds. The van der Waals surface area contributed by atoms with Crippen LogP contribution >= 0.6 is 23.2 Å². The molecule has 0 saturated carbocycles. The van der Waals surface area contributed by atoms with Crippen LogP contribution in [0.25, 0.3) is 0 Å². The van der Waals surface area contributed by atoms with E-state index in [0.29, 0.717) is 30.4 Å². The summed E-state index contributed by atoms with van der Waals surface area (Å²) in [4.78, 5) is 12.9. The van der Waals surface area contributed by atoms with Crippen molar-refractivity contribution in [1.29, 1.82) is 0 Å². The first-order valence-electron chi connectivity index (χ1n) is 9.57. The smallest absolute Gasteiger partial charge is 0.264 e. The van der Waals surface area contributed by atoms with Gasteiger partial charge in [-0.2, -0.15) is 0 Å². The number of amides is 1. The van der Waals surface area contributed by atoms with Gasteiger partial charge in [-0.05, 0) is 36.4 Å². The van der Waals surface area contributed by atoms with Crippen molar-refractivity contribution < 1.29 is 22.7 Å². The average molecular weight is 493 g/mol. The maximum absolute atomic E-state index is 13.4. The molecule has 0 unspecified atom stereocenters. The zero-order valence-corrected chi connectivity index (χ0v) is 19.0. The zero-order valence-electron chi connectivity index (χ0n) is 16.6. The van der Waals surface area contributed by atoms with E-state index >= 15 is 0 Å². The topological polar surface area (TPSA) is 84.9 Å². The van der Waals surface area contributed by atoms with Gasteiger partial charge in [0.2, 0.25) is 5.91 Å². The van der Waals surface area contributed by atoms with Gasteiger partial charge in [-0.25, -0.2) is 8.42 Å². The quantitative estimate of drug-likeness (QED) is 0.543. The molecule has 3 aromatic rings.